The van der Waals surface area contributed by atoms with E-state index in [2.05, 4.69) is 21.2 Å². The zero-order valence-electron chi connectivity index (χ0n) is 8.94. The molecule has 1 aromatic carbocycles. The molecular weight excluding hydrogens is 295 g/mol. The number of nitrogens with one attached hydrogen (secondary N) is 1. The SMILES string of the molecule is CCC(Br)C(=O)Nc1c(F)cccc1[N+](=O)[O-]. The van der Waals surface area contributed by atoms with Crippen molar-refractivity contribution in [1.29, 1.82) is 0 Å². The number of para-hydroxylation sites is 1. The number of carbonyl (C=O) groups excluding carboxylic acids is 1. The van der Waals surface area contributed by atoms with Gasteiger partial charge in [-0.25, -0.2) is 4.39 Å². The quantitative estimate of drug-likeness (QED) is 0.528. The van der Waals surface area contributed by atoms with Crippen molar-refractivity contribution in [3.8, 4) is 0 Å². The molecule has 7 heteroatoms. The predicted octanol–water partition coefficient (Wildman–Crippen LogP) is 2.85. The first kappa shape index (κ1) is 13.6. The first-order valence-electron chi connectivity index (χ1n) is 4.85. The molecular formula is C10H10BrFN2O3. The maximum Gasteiger partial charge on any atom is 0.295 e. The van der Waals surface area contributed by atoms with Crippen LogP contribution >= 0.6 is 15.9 Å². The molecule has 1 unspecified atom stereocenters. The van der Waals surface area contributed by atoms with Gasteiger partial charge in [0.1, 0.15) is 0 Å². The molecule has 1 amide bonds. The summed E-state index contributed by atoms with van der Waals surface area (Å²) in [6.45, 7) is 1.76. The van der Waals surface area contributed by atoms with Gasteiger partial charge in [-0.1, -0.05) is 28.9 Å². The largest absolute Gasteiger partial charge is 0.317 e. The van der Waals surface area contributed by atoms with Crippen LogP contribution in [0.2, 0.25) is 0 Å². The van der Waals surface area contributed by atoms with Crippen LogP contribution in [0.5, 0.6) is 0 Å². The number of alkyl halides is 1. The highest BCUT2D eigenvalue weighted by Crippen LogP contribution is 2.27. The molecule has 0 spiro atoms. The zero-order chi connectivity index (χ0) is 13.0. The van der Waals surface area contributed by atoms with Gasteiger partial charge in [-0.3, -0.25) is 14.9 Å². The van der Waals surface area contributed by atoms with Crippen LogP contribution in [0, 0.1) is 15.9 Å². The Morgan fingerprint density at radius 1 is 1.65 bits per heavy atom. The highest BCUT2D eigenvalue weighted by molar-refractivity contribution is 9.10. The number of anilines is 1. The van der Waals surface area contributed by atoms with Crippen LogP contribution in [0.1, 0.15) is 13.3 Å². The third kappa shape index (κ3) is 3.23. The average Bonchev–Trinajstić information content (AvgIpc) is 2.30. The van der Waals surface area contributed by atoms with Crippen molar-refractivity contribution < 1.29 is 14.1 Å². The molecule has 0 bridgehead atoms. The van der Waals surface area contributed by atoms with Gasteiger partial charge in [-0.05, 0) is 12.5 Å². The van der Waals surface area contributed by atoms with Crippen molar-refractivity contribution in [2.45, 2.75) is 18.2 Å². The van der Waals surface area contributed by atoms with E-state index >= 15 is 0 Å². The minimum absolute atomic E-state index is 0.402. The Morgan fingerprint density at radius 3 is 2.82 bits per heavy atom. The molecule has 1 atom stereocenters. The van der Waals surface area contributed by atoms with E-state index < -0.39 is 32.8 Å². The number of benzene rings is 1. The van der Waals surface area contributed by atoms with Gasteiger partial charge < -0.3 is 5.32 Å². The van der Waals surface area contributed by atoms with Crippen molar-refractivity contribution in [1.82, 2.24) is 0 Å². The molecule has 0 fully saturated rings. The van der Waals surface area contributed by atoms with E-state index in [-0.39, 0.29) is 0 Å². The summed E-state index contributed by atoms with van der Waals surface area (Å²) >= 11 is 3.08. The second-order valence-corrected chi connectivity index (χ2v) is 4.36. The zero-order valence-corrected chi connectivity index (χ0v) is 10.5. The van der Waals surface area contributed by atoms with Crippen LogP contribution in [0.15, 0.2) is 18.2 Å². The summed E-state index contributed by atoms with van der Waals surface area (Å²) in [5.41, 5.74) is -0.866. The number of hydrogen-bond acceptors (Lipinski definition) is 3. The van der Waals surface area contributed by atoms with Crippen molar-refractivity contribution in [2.75, 3.05) is 5.32 Å². The lowest BCUT2D eigenvalue weighted by molar-refractivity contribution is -0.384. The standard InChI is InChI=1S/C10H10BrFN2O3/c1-2-6(11)10(15)13-9-7(12)4-3-5-8(9)14(16)17/h3-6H,2H2,1H3,(H,13,15). The first-order valence-corrected chi connectivity index (χ1v) is 5.76. The van der Waals surface area contributed by atoms with Gasteiger partial charge in [0.15, 0.2) is 11.5 Å². The van der Waals surface area contributed by atoms with Crippen LogP contribution in [-0.4, -0.2) is 15.7 Å². The Morgan fingerprint density at radius 2 is 2.29 bits per heavy atom. The van der Waals surface area contributed by atoms with Gasteiger partial charge in [0.05, 0.1) is 9.75 Å². The molecule has 0 radical (unpaired) electrons. The fourth-order valence-corrected chi connectivity index (χ4v) is 1.29. The fraction of sp³-hybridized carbons (Fsp3) is 0.300. The minimum Gasteiger partial charge on any atom is -0.317 e. The molecule has 0 aliphatic carbocycles. The first-order chi connectivity index (χ1) is 7.97. The fourth-order valence-electron chi connectivity index (χ4n) is 1.18. The number of nitro benzene ring substituents is 1. The molecule has 0 heterocycles. The highest BCUT2D eigenvalue weighted by atomic mass is 79.9. The number of rotatable bonds is 4. The smallest absolute Gasteiger partial charge is 0.295 e. The molecule has 92 valence electrons. The predicted molar refractivity (Wildman–Crippen MR) is 64.7 cm³/mol. The van der Waals surface area contributed by atoms with Crippen LogP contribution in [0.3, 0.4) is 0 Å². The second kappa shape index (κ2) is 5.72. The minimum atomic E-state index is -0.830. The van der Waals surface area contributed by atoms with Gasteiger partial charge >= 0.3 is 0 Å². The van der Waals surface area contributed by atoms with Crippen LogP contribution in [-0.2, 0) is 4.79 Å². The Bertz CT molecular complexity index is 453. The van der Waals surface area contributed by atoms with Gasteiger partial charge in [0.25, 0.3) is 5.69 Å². The van der Waals surface area contributed by atoms with Crippen LogP contribution < -0.4 is 5.32 Å². The summed E-state index contributed by atoms with van der Waals surface area (Å²) < 4.78 is 13.4. The lowest BCUT2D eigenvalue weighted by Crippen LogP contribution is -2.23. The highest BCUT2D eigenvalue weighted by Gasteiger charge is 2.22. The van der Waals surface area contributed by atoms with Crippen LogP contribution in [0.4, 0.5) is 15.8 Å². The van der Waals surface area contributed by atoms with E-state index in [0.717, 1.165) is 12.1 Å². The van der Waals surface area contributed by atoms with Gasteiger partial charge in [-0.15, -0.1) is 0 Å². The maximum atomic E-state index is 13.4. The number of nitrogens with zero attached hydrogens (tertiary/aromatic N) is 1. The van der Waals surface area contributed by atoms with E-state index in [1.54, 1.807) is 6.92 Å². The molecule has 0 aliphatic heterocycles. The number of carbonyl (C=O) groups is 1. The number of hydrogen-bond donors (Lipinski definition) is 1. The number of nitro groups is 1. The monoisotopic (exact) mass is 304 g/mol. The summed E-state index contributed by atoms with van der Waals surface area (Å²) in [6, 6.07) is 3.40. The van der Waals surface area contributed by atoms with Gasteiger partial charge in [-0.2, -0.15) is 0 Å². The van der Waals surface area contributed by atoms with Gasteiger partial charge in [0.2, 0.25) is 5.91 Å². The summed E-state index contributed by atoms with van der Waals surface area (Å²) in [5, 5.41) is 12.9. The third-order valence-electron chi connectivity index (χ3n) is 2.08. The maximum absolute atomic E-state index is 13.4. The van der Waals surface area contributed by atoms with E-state index in [0.29, 0.717) is 6.42 Å². The number of amides is 1. The summed E-state index contributed by atoms with van der Waals surface area (Å²) in [7, 11) is 0. The van der Waals surface area contributed by atoms with Crippen molar-refractivity contribution in [3.63, 3.8) is 0 Å². The van der Waals surface area contributed by atoms with Crippen LogP contribution in [0.25, 0.3) is 0 Å². The summed E-state index contributed by atoms with van der Waals surface area (Å²) in [6.07, 6.45) is 0.494. The van der Waals surface area contributed by atoms with E-state index in [9.17, 15) is 19.3 Å². The summed E-state index contributed by atoms with van der Waals surface area (Å²) in [4.78, 5) is 20.9. The van der Waals surface area contributed by atoms with Crippen molar-refractivity contribution in [3.05, 3.63) is 34.1 Å². The molecule has 0 saturated heterocycles. The average molecular weight is 305 g/mol. The topological polar surface area (TPSA) is 72.2 Å². The Kier molecular flexibility index (Phi) is 4.56. The van der Waals surface area contributed by atoms with Crippen molar-refractivity contribution >= 4 is 33.2 Å². The Labute approximate surface area is 105 Å². The number of halogens is 2. The molecule has 17 heavy (non-hydrogen) atoms. The Hall–Kier alpha value is -1.50. The molecule has 0 saturated carbocycles. The van der Waals surface area contributed by atoms with E-state index in [4.69, 9.17) is 0 Å². The molecule has 1 N–H and O–H groups in total. The molecule has 1 aromatic rings. The molecule has 0 aromatic heterocycles. The molecule has 0 aliphatic rings. The van der Waals surface area contributed by atoms with E-state index in [1.165, 1.54) is 6.07 Å². The Balaban J connectivity index is 3.05. The summed E-state index contributed by atoms with van der Waals surface area (Å²) in [5.74, 6) is -1.34. The second-order valence-electron chi connectivity index (χ2n) is 3.26. The molecule has 1 rings (SSSR count). The normalized spacial score (nSPS) is 11.9. The lowest BCUT2D eigenvalue weighted by atomic mass is 10.2. The molecule has 5 nitrogen and oxygen atoms in total. The van der Waals surface area contributed by atoms with E-state index in [1.807, 2.05) is 0 Å². The lowest BCUT2D eigenvalue weighted by Gasteiger charge is -2.09. The van der Waals surface area contributed by atoms with Crippen molar-refractivity contribution in [2.24, 2.45) is 0 Å². The third-order valence-corrected chi connectivity index (χ3v) is 3.14. The van der Waals surface area contributed by atoms with Gasteiger partial charge in [0, 0.05) is 6.07 Å².